The lowest BCUT2D eigenvalue weighted by molar-refractivity contribution is -0.147. The standard InChI is InChI=1S/C19H23NO5/c1-11-2-3-13(19(22)23)10-20(11)18(21)15-9-14(15)12-4-5-16-17(8-12)25-7-6-24-16/h4-5,8,11,13-15H,2-3,6-7,9-10H2,1H3,(H,22,23). The number of likely N-dealkylation sites (tertiary alicyclic amines) is 1. The highest BCUT2D eigenvalue weighted by atomic mass is 16.6. The van der Waals surface area contributed by atoms with E-state index in [1.165, 1.54) is 0 Å². The third-order valence-corrected chi connectivity index (χ3v) is 5.62. The molecule has 1 N–H and O–H groups in total. The summed E-state index contributed by atoms with van der Waals surface area (Å²) in [6, 6.07) is 6.01. The largest absolute Gasteiger partial charge is 0.486 e. The lowest BCUT2D eigenvalue weighted by Crippen LogP contribution is -2.48. The zero-order chi connectivity index (χ0) is 17.6. The second-order valence-corrected chi connectivity index (χ2v) is 7.30. The number of rotatable bonds is 3. The number of carboxylic acid groups (broad SMARTS) is 1. The van der Waals surface area contributed by atoms with Crippen molar-refractivity contribution < 1.29 is 24.2 Å². The van der Waals surface area contributed by atoms with Crippen LogP contribution in [-0.4, -0.2) is 47.7 Å². The lowest BCUT2D eigenvalue weighted by atomic mass is 9.93. The molecule has 25 heavy (non-hydrogen) atoms. The van der Waals surface area contributed by atoms with Crippen molar-refractivity contribution in [2.24, 2.45) is 11.8 Å². The molecule has 6 nitrogen and oxygen atoms in total. The van der Waals surface area contributed by atoms with Crippen LogP contribution in [0.5, 0.6) is 11.5 Å². The van der Waals surface area contributed by atoms with E-state index in [0.717, 1.165) is 29.9 Å². The molecular formula is C19H23NO5. The summed E-state index contributed by atoms with van der Waals surface area (Å²) in [5.41, 5.74) is 1.10. The van der Waals surface area contributed by atoms with Gasteiger partial charge in [0, 0.05) is 18.5 Å². The molecule has 4 unspecified atom stereocenters. The van der Waals surface area contributed by atoms with Crippen molar-refractivity contribution in [2.75, 3.05) is 19.8 Å². The van der Waals surface area contributed by atoms with E-state index in [4.69, 9.17) is 9.47 Å². The first-order chi connectivity index (χ1) is 12.0. The van der Waals surface area contributed by atoms with Gasteiger partial charge >= 0.3 is 5.97 Å². The molecule has 2 fully saturated rings. The molecule has 0 bridgehead atoms. The Bertz CT molecular complexity index is 703. The smallest absolute Gasteiger partial charge is 0.308 e. The maximum Gasteiger partial charge on any atom is 0.308 e. The molecule has 2 aliphatic heterocycles. The van der Waals surface area contributed by atoms with E-state index in [-0.39, 0.29) is 23.8 Å². The zero-order valence-corrected chi connectivity index (χ0v) is 14.3. The van der Waals surface area contributed by atoms with E-state index in [1.54, 1.807) is 4.90 Å². The number of nitrogens with zero attached hydrogens (tertiary/aromatic N) is 1. The van der Waals surface area contributed by atoms with Gasteiger partial charge in [0.2, 0.25) is 5.91 Å². The number of benzene rings is 1. The topological polar surface area (TPSA) is 76.1 Å². The van der Waals surface area contributed by atoms with Gasteiger partial charge in [-0.15, -0.1) is 0 Å². The Kier molecular flexibility index (Phi) is 4.06. The van der Waals surface area contributed by atoms with Gasteiger partial charge in [-0.1, -0.05) is 6.07 Å². The molecular weight excluding hydrogens is 322 g/mol. The summed E-state index contributed by atoms with van der Waals surface area (Å²) < 4.78 is 11.2. The number of fused-ring (bicyclic) bond motifs is 1. The third-order valence-electron chi connectivity index (χ3n) is 5.62. The number of carbonyl (C=O) groups is 2. The Labute approximate surface area is 146 Å². The number of hydrogen-bond donors (Lipinski definition) is 1. The summed E-state index contributed by atoms with van der Waals surface area (Å²) in [6.07, 6.45) is 2.22. The van der Waals surface area contributed by atoms with Crippen LogP contribution in [0.25, 0.3) is 0 Å². The SMILES string of the molecule is CC1CCC(C(=O)O)CN1C(=O)C1CC1c1ccc2c(c1)OCCO2. The highest BCUT2D eigenvalue weighted by Crippen LogP contribution is 2.50. The molecule has 1 saturated heterocycles. The van der Waals surface area contributed by atoms with Crippen LogP contribution in [-0.2, 0) is 9.59 Å². The van der Waals surface area contributed by atoms with Gasteiger partial charge in [0.15, 0.2) is 11.5 Å². The van der Waals surface area contributed by atoms with Gasteiger partial charge in [0.25, 0.3) is 0 Å². The number of carbonyl (C=O) groups excluding carboxylic acids is 1. The van der Waals surface area contributed by atoms with Crippen molar-refractivity contribution in [3.8, 4) is 11.5 Å². The molecule has 1 aliphatic carbocycles. The van der Waals surface area contributed by atoms with Crippen LogP contribution in [0.1, 0.15) is 37.7 Å². The van der Waals surface area contributed by atoms with E-state index in [9.17, 15) is 14.7 Å². The Balaban J connectivity index is 1.45. The van der Waals surface area contributed by atoms with E-state index >= 15 is 0 Å². The van der Waals surface area contributed by atoms with Crippen molar-refractivity contribution in [2.45, 2.75) is 38.1 Å². The molecule has 134 valence electrons. The normalized spacial score (nSPS) is 30.7. The molecule has 2 heterocycles. The molecule has 4 atom stereocenters. The quantitative estimate of drug-likeness (QED) is 0.909. The fraction of sp³-hybridized carbons (Fsp3) is 0.579. The number of aliphatic carboxylic acids is 1. The first-order valence-corrected chi connectivity index (χ1v) is 8.97. The number of ether oxygens (including phenoxy) is 2. The molecule has 3 aliphatic rings. The molecule has 4 rings (SSSR count). The Morgan fingerprint density at radius 2 is 1.92 bits per heavy atom. The summed E-state index contributed by atoms with van der Waals surface area (Å²) in [5, 5.41) is 9.26. The number of amides is 1. The monoisotopic (exact) mass is 345 g/mol. The maximum atomic E-state index is 12.9. The summed E-state index contributed by atoms with van der Waals surface area (Å²) in [6.45, 7) is 3.46. The number of hydrogen-bond acceptors (Lipinski definition) is 4. The first kappa shape index (κ1) is 16.2. The fourth-order valence-corrected chi connectivity index (χ4v) is 3.96. The Morgan fingerprint density at radius 1 is 1.16 bits per heavy atom. The van der Waals surface area contributed by atoms with Crippen molar-refractivity contribution in [1.82, 2.24) is 4.90 Å². The molecule has 1 aromatic carbocycles. The fourth-order valence-electron chi connectivity index (χ4n) is 3.96. The highest BCUT2D eigenvalue weighted by Gasteiger charge is 2.48. The van der Waals surface area contributed by atoms with E-state index in [2.05, 4.69) is 0 Å². The average molecular weight is 345 g/mol. The predicted octanol–water partition coefficient (Wildman–Crippen LogP) is 2.27. The molecule has 1 saturated carbocycles. The van der Waals surface area contributed by atoms with Gasteiger partial charge in [-0.3, -0.25) is 9.59 Å². The van der Waals surface area contributed by atoms with Crippen LogP contribution < -0.4 is 9.47 Å². The van der Waals surface area contributed by atoms with E-state index in [1.807, 2.05) is 25.1 Å². The molecule has 1 aromatic rings. The molecule has 1 amide bonds. The van der Waals surface area contributed by atoms with Crippen LogP contribution in [0.15, 0.2) is 18.2 Å². The van der Waals surface area contributed by atoms with E-state index in [0.29, 0.717) is 26.2 Å². The molecule has 0 radical (unpaired) electrons. The van der Waals surface area contributed by atoms with Gasteiger partial charge < -0.3 is 19.5 Å². The van der Waals surface area contributed by atoms with Crippen molar-refractivity contribution in [3.63, 3.8) is 0 Å². The predicted molar refractivity (Wildman–Crippen MR) is 89.8 cm³/mol. The number of carboxylic acids is 1. The minimum absolute atomic E-state index is 0.0439. The summed E-state index contributed by atoms with van der Waals surface area (Å²) in [4.78, 5) is 25.9. The van der Waals surface area contributed by atoms with Crippen molar-refractivity contribution in [3.05, 3.63) is 23.8 Å². The van der Waals surface area contributed by atoms with Crippen molar-refractivity contribution >= 4 is 11.9 Å². The Morgan fingerprint density at radius 3 is 2.68 bits per heavy atom. The molecule has 0 spiro atoms. The van der Waals surface area contributed by atoms with E-state index < -0.39 is 11.9 Å². The van der Waals surface area contributed by atoms with Gasteiger partial charge in [0.1, 0.15) is 13.2 Å². The average Bonchev–Trinajstić information content (AvgIpc) is 3.41. The summed E-state index contributed by atoms with van der Waals surface area (Å²) in [5.74, 6) is 0.513. The first-order valence-electron chi connectivity index (χ1n) is 8.97. The number of piperidine rings is 1. The van der Waals surface area contributed by atoms with Crippen LogP contribution in [0, 0.1) is 11.8 Å². The molecule has 6 heteroatoms. The zero-order valence-electron chi connectivity index (χ0n) is 14.3. The summed E-state index contributed by atoms with van der Waals surface area (Å²) in [7, 11) is 0. The van der Waals surface area contributed by atoms with Crippen molar-refractivity contribution in [1.29, 1.82) is 0 Å². The van der Waals surface area contributed by atoms with Crippen LogP contribution in [0.4, 0.5) is 0 Å². The summed E-state index contributed by atoms with van der Waals surface area (Å²) >= 11 is 0. The molecule has 0 aromatic heterocycles. The van der Waals surface area contributed by atoms with Gasteiger partial charge in [0.05, 0.1) is 5.92 Å². The third kappa shape index (κ3) is 3.05. The van der Waals surface area contributed by atoms with Gasteiger partial charge in [-0.05, 0) is 49.8 Å². The second kappa shape index (κ2) is 6.24. The van der Waals surface area contributed by atoms with Gasteiger partial charge in [-0.2, -0.15) is 0 Å². The van der Waals surface area contributed by atoms with Crippen LogP contribution in [0.2, 0.25) is 0 Å². The maximum absolute atomic E-state index is 12.9. The van der Waals surface area contributed by atoms with Crippen LogP contribution >= 0.6 is 0 Å². The minimum Gasteiger partial charge on any atom is -0.486 e. The Hall–Kier alpha value is -2.24. The minimum atomic E-state index is -0.802. The highest BCUT2D eigenvalue weighted by molar-refractivity contribution is 5.84. The second-order valence-electron chi connectivity index (χ2n) is 7.30. The lowest BCUT2D eigenvalue weighted by Gasteiger charge is -2.36. The van der Waals surface area contributed by atoms with Gasteiger partial charge in [-0.25, -0.2) is 0 Å². The van der Waals surface area contributed by atoms with Crippen LogP contribution in [0.3, 0.4) is 0 Å².